The van der Waals surface area contributed by atoms with Gasteiger partial charge in [-0.1, -0.05) is 42.5 Å². The number of benzene rings is 1. The summed E-state index contributed by atoms with van der Waals surface area (Å²) >= 11 is 0. The van der Waals surface area contributed by atoms with Gasteiger partial charge in [0, 0.05) is 24.7 Å². The van der Waals surface area contributed by atoms with Crippen LogP contribution in [0.3, 0.4) is 0 Å². The highest BCUT2D eigenvalue weighted by atomic mass is 16.5. The van der Waals surface area contributed by atoms with Crippen molar-refractivity contribution >= 4 is 11.8 Å². The molecule has 0 aromatic heterocycles. The zero-order chi connectivity index (χ0) is 20.4. The molecule has 0 amide bonds. The molecule has 1 aromatic rings. The van der Waals surface area contributed by atoms with Gasteiger partial charge in [-0.2, -0.15) is 0 Å². The van der Waals surface area contributed by atoms with Crippen LogP contribution in [0.2, 0.25) is 0 Å². The van der Waals surface area contributed by atoms with Gasteiger partial charge in [0.1, 0.15) is 24.2 Å². The van der Waals surface area contributed by atoms with E-state index in [1.54, 1.807) is 24.3 Å². The summed E-state index contributed by atoms with van der Waals surface area (Å²) in [5.74, 6) is -0.866. The Balaban J connectivity index is 1.82. The maximum Gasteiger partial charge on any atom is 0.303 e. The number of rotatable bonds is 11. The third kappa shape index (κ3) is 7.29. The zero-order valence-electron chi connectivity index (χ0n) is 15.8. The number of hydrogen-bond acceptors (Lipinski definition) is 5. The quantitative estimate of drug-likeness (QED) is 0.398. The Hall–Kier alpha value is -2.44. The van der Waals surface area contributed by atoms with E-state index in [1.165, 1.54) is 0 Å². The average Bonchev–Trinajstić information content (AvgIpc) is 2.94. The fourth-order valence-corrected chi connectivity index (χ4v) is 3.27. The third-order valence-corrected chi connectivity index (χ3v) is 4.78. The first kappa shape index (κ1) is 21.9. The standard InChI is InChI=1S/C22H28O6/c23-16(15-28-17-8-4-3-5-9-17)12-13-19-18(20(24)14-21(19)25)10-6-1-2-7-11-22(26)27/h1,3-6,8-9,12-13,16,18-20,23-24H,2,7,10-11,14-15H2,(H,26,27)/t16-,18+,19+,20-/m0/s1. The molecule has 6 nitrogen and oxygen atoms in total. The highest BCUT2D eigenvalue weighted by molar-refractivity contribution is 5.86. The first-order valence-electron chi connectivity index (χ1n) is 9.59. The lowest BCUT2D eigenvalue weighted by atomic mass is 9.90. The number of carboxylic acids is 1. The molecule has 0 unspecified atom stereocenters. The van der Waals surface area contributed by atoms with Gasteiger partial charge in [0.2, 0.25) is 0 Å². The van der Waals surface area contributed by atoms with Crippen LogP contribution in [0.4, 0.5) is 0 Å². The van der Waals surface area contributed by atoms with Crippen LogP contribution in [0.15, 0.2) is 54.6 Å². The van der Waals surface area contributed by atoms with E-state index in [4.69, 9.17) is 9.84 Å². The Labute approximate surface area is 165 Å². The molecule has 0 spiro atoms. The molecule has 0 aliphatic heterocycles. The minimum atomic E-state index is -0.849. The minimum absolute atomic E-state index is 0.0378. The van der Waals surface area contributed by atoms with E-state index < -0.39 is 24.1 Å². The third-order valence-electron chi connectivity index (χ3n) is 4.78. The number of aliphatic hydroxyl groups is 2. The van der Waals surface area contributed by atoms with Gasteiger partial charge in [0.05, 0.1) is 6.10 Å². The fourth-order valence-electron chi connectivity index (χ4n) is 3.27. The predicted molar refractivity (Wildman–Crippen MR) is 105 cm³/mol. The zero-order valence-corrected chi connectivity index (χ0v) is 15.8. The smallest absolute Gasteiger partial charge is 0.303 e. The average molecular weight is 388 g/mol. The van der Waals surface area contributed by atoms with Gasteiger partial charge in [-0.25, -0.2) is 0 Å². The fraction of sp³-hybridized carbons (Fsp3) is 0.455. The molecule has 152 valence electrons. The van der Waals surface area contributed by atoms with Crippen LogP contribution in [0, 0.1) is 11.8 Å². The van der Waals surface area contributed by atoms with Crippen LogP contribution in [-0.2, 0) is 9.59 Å². The molecular formula is C22H28O6. The van der Waals surface area contributed by atoms with Crippen molar-refractivity contribution in [3.05, 3.63) is 54.6 Å². The van der Waals surface area contributed by atoms with Gasteiger partial charge < -0.3 is 20.1 Å². The maximum absolute atomic E-state index is 12.2. The number of ketones is 1. The summed E-state index contributed by atoms with van der Waals surface area (Å²) < 4.78 is 5.49. The largest absolute Gasteiger partial charge is 0.491 e. The molecule has 3 N–H and O–H groups in total. The van der Waals surface area contributed by atoms with Gasteiger partial charge in [-0.05, 0) is 31.4 Å². The molecule has 0 bridgehead atoms. The Morgan fingerprint density at radius 2 is 2.00 bits per heavy atom. The van der Waals surface area contributed by atoms with E-state index in [0.717, 1.165) is 0 Å². The summed E-state index contributed by atoms with van der Waals surface area (Å²) in [6, 6.07) is 9.16. The molecule has 1 fully saturated rings. The maximum atomic E-state index is 12.2. The molecule has 28 heavy (non-hydrogen) atoms. The van der Waals surface area contributed by atoms with Crippen LogP contribution in [0.1, 0.15) is 32.1 Å². The molecule has 0 radical (unpaired) electrons. The Morgan fingerprint density at radius 3 is 2.71 bits per heavy atom. The van der Waals surface area contributed by atoms with Crippen LogP contribution in [-0.4, -0.2) is 45.9 Å². The Kier molecular flexibility index (Phi) is 8.91. The van der Waals surface area contributed by atoms with Gasteiger partial charge in [0.15, 0.2) is 0 Å². The van der Waals surface area contributed by atoms with E-state index in [2.05, 4.69) is 0 Å². The first-order valence-corrected chi connectivity index (χ1v) is 9.59. The molecule has 4 atom stereocenters. The number of carbonyl (C=O) groups excluding carboxylic acids is 1. The number of aliphatic hydroxyl groups excluding tert-OH is 2. The Bertz CT molecular complexity index is 682. The summed E-state index contributed by atoms with van der Waals surface area (Å²) in [7, 11) is 0. The lowest BCUT2D eigenvalue weighted by Gasteiger charge is -2.17. The van der Waals surface area contributed by atoms with Crippen molar-refractivity contribution in [2.45, 2.75) is 44.3 Å². The highest BCUT2D eigenvalue weighted by Crippen LogP contribution is 2.33. The lowest BCUT2D eigenvalue weighted by molar-refractivity contribution is -0.137. The molecule has 1 aromatic carbocycles. The molecule has 1 aliphatic carbocycles. The van der Waals surface area contributed by atoms with Crippen molar-refractivity contribution in [2.24, 2.45) is 11.8 Å². The number of unbranched alkanes of at least 4 members (excludes halogenated alkanes) is 1. The topological polar surface area (TPSA) is 104 Å². The van der Waals surface area contributed by atoms with E-state index in [1.807, 2.05) is 30.4 Å². The number of carboxylic acid groups (broad SMARTS) is 1. The second-order valence-corrected chi connectivity index (χ2v) is 7.00. The summed E-state index contributed by atoms with van der Waals surface area (Å²) in [6.07, 6.45) is 7.44. The van der Waals surface area contributed by atoms with Crippen LogP contribution in [0.5, 0.6) is 5.75 Å². The van der Waals surface area contributed by atoms with E-state index in [0.29, 0.717) is 25.0 Å². The SMILES string of the molecule is O=C(O)CCCC=CC[C@H]1[C@@H](O)CC(=O)[C@@H]1C=C[C@H](O)COc1ccccc1. The number of carbonyl (C=O) groups is 2. The predicted octanol–water partition coefficient (Wildman–Crippen LogP) is 2.75. The van der Waals surface area contributed by atoms with Crippen molar-refractivity contribution in [2.75, 3.05) is 6.61 Å². The summed E-state index contributed by atoms with van der Waals surface area (Å²) in [4.78, 5) is 22.7. The second kappa shape index (κ2) is 11.4. The number of aliphatic carboxylic acids is 1. The monoisotopic (exact) mass is 388 g/mol. The van der Waals surface area contributed by atoms with Crippen LogP contribution >= 0.6 is 0 Å². The summed E-state index contributed by atoms with van der Waals surface area (Å²) in [6.45, 7) is 0.0815. The molecule has 0 saturated heterocycles. The Morgan fingerprint density at radius 1 is 1.25 bits per heavy atom. The first-order chi connectivity index (χ1) is 13.5. The van der Waals surface area contributed by atoms with Crippen molar-refractivity contribution in [3.63, 3.8) is 0 Å². The molecule has 6 heteroatoms. The van der Waals surface area contributed by atoms with Crippen LogP contribution in [0.25, 0.3) is 0 Å². The van der Waals surface area contributed by atoms with Gasteiger partial charge in [-0.3, -0.25) is 9.59 Å². The summed E-state index contributed by atoms with van der Waals surface area (Å²) in [5.41, 5.74) is 0. The second-order valence-electron chi connectivity index (χ2n) is 7.00. The molecule has 1 aliphatic rings. The lowest BCUT2D eigenvalue weighted by Crippen LogP contribution is -2.20. The number of allylic oxidation sites excluding steroid dienone is 3. The number of Topliss-reactive ketones (excluding diaryl/α,β-unsaturated/α-hetero) is 1. The molecule has 2 rings (SSSR count). The molecular weight excluding hydrogens is 360 g/mol. The van der Waals surface area contributed by atoms with E-state index in [9.17, 15) is 19.8 Å². The van der Waals surface area contributed by atoms with Crippen molar-refractivity contribution < 1.29 is 29.6 Å². The normalized spacial score (nSPS) is 23.5. The molecule has 0 heterocycles. The number of para-hydroxylation sites is 1. The minimum Gasteiger partial charge on any atom is -0.491 e. The van der Waals surface area contributed by atoms with Crippen molar-refractivity contribution in [1.29, 1.82) is 0 Å². The van der Waals surface area contributed by atoms with Gasteiger partial charge in [0.25, 0.3) is 0 Å². The van der Waals surface area contributed by atoms with Gasteiger partial charge >= 0.3 is 5.97 Å². The highest BCUT2D eigenvalue weighted by Gasteiger charge is 2.39. The van der Waals surface area contributed by atoms with E-state index >= 15 is 0 Å². The van der Waals surface area contributed by atoms with E-state index in [-0.39, 0.29) is 31.1 Å². The van der Waals surface area contributed by atoms with Crippen LogP contribution < -0.4 is 4.74 Å². The van der Waals surface area contributed by atoms with Crippen molar-refractivity contribution in [3.8, 4) is 5.75 Å². The van der Waals surface area contributed by atoms with Gasteiger partial charge in [-0.15, -0.1) is 0 Å². The number of ether oxygens (including phenoxy) is 1. The molecule has 1 saturated carbocycles. The van der Waals surface area contributed by atoms with Crippen molar-refractivity contribution in [1.82, 2.24) is 0 Å². The number of hydrogen-bond donors (Lipinski definition) is 3. The summed E-state index contributed by atoms with van der Waals surface area (Å²) in [5, 5.41) is 28.9.